The fourth-order valence-electron chi connectivity index (χ4n) is 3.39. The average molecular weight is 311 g/mol. The smallest absolute Gasteiger partial charge is 0.138 e. The van der Waals surface area contributed by atoms with Crippen molar-refractivity contribution in [1.82, 2.24) is 35.1 Å². The Morgan fingerprint density at radius 3 is 3.04 bits per heavy atom. The van der Waals surface area contributed by atoms with Crippen LogP contribution >= 0.6 is 0 Å². The fourth-order valence-corrected chi connectivity index (χ4v) is 3.39. The number of piperidine rings is 1. The summed E-state index contributed by atoms with van der Waals surface area (Å²) < 4.78 is 1.79. The van der Waals surface area contributed by atoms with E-state index in [2.05, 4.69) is 43.6 Å². The minimum atomic E-state index is 0.504. The summed E-state index contributed by atoms with van der Waals surface area (Å²) in [6, 6.07) is 8.26. The third-order valence-corrected chi connectivity index (χ3v) is 4.55. The standard InChI is InChI=1S/C16H21N7/c1-2-7-15-14(6-1)18-16(19-15)13-5-3-8-22(11-13)9-4-10-23-12-17-20-21-23/h1-2,6-7,12-13H,3-5,8-11H2,(H,18,19). The maximum absolute atomic E-state index is 4.78. The van der Waals surface area contributed by atoms with Crippen molar-refractivity contribution in [3.8, 4) is 0 Å². The van der Waals surface area contributed by atoms with Gasteiger partial charge in [0.1, 0.15) is 12.2 Å². The number of likely N-dealkylation sites (tertiary alicyclic amines) is 1. The highest BCUT2D eigenvalue weighted by atomic mass is 15.5. The van der Waals surface area contributed by atoms with Crippen molar-refractivity contribution in [3.05, 3.63) is 36.4 Å². The molecule has 0 spiro atoms. The molecule has 4 rings (SSSR count). The van der Waals surface area contributed by atoms with Gasteiger partial charge in [0.05, 0.1) is 11.0 Å². The number of para-hydroxylation sites is 2. The first-order chi connectivity index (χ1) is 11.4. The van der Waals surface area contributed by atoms with Gasteiger partial charge >= 0.3 is 0 Å². The molecule has 1 unspecified atom stereocenters. The molecule has 3 heterocycles. The quantitative estimate of drug-likeness (QED) is 0.778. The molecule has 0 saturated carbocycles. The molecule has 7 nitrogen and oxygen atoms in total. The molecule has 1 aromatic carbocycles. The lowest BCUT2D eigenvalue weighted by Gasteiger charge is -2.31. The largest absolute Gasteiger partial charge is 0.342 e. The van der Waals surface area contributed by atoms with E-state index in [0.29, 0.717) is 5.92 Å². The number of hydrogen-bond acceptors (Lipinski definition) is 5. The lowest BCUT2D eigenvalue weighted by atomic mass is 9.97. The van der Waals surface area contributed by atoms with E-state index in [1.165, 1.54) is 19.4 Å². The van der Waals surface area contributed by atoms with Crippen LogP contribution in [0.4, 0.5) is 0 Å². The number of aromatic nitrogens is 6. The van der Waals surface area contributed by atoms with E-state index in [0.717, 1.165) is 42.9 Å². The van der Waals surface area contributed by atoms with Gasteiger partial charge in [0.25, 0.3) is 0 Å². The number of rotatable bonds is 5. The molecule has 1 saturated heterocycles. The van der Waals surface area contributed by atoms with Gasteiger partial charge < -0.3 is 9.88 Å². The highest BCUT2D eigenvalue weighted by Crippen LogP contribution is 2.26. The van der Waals surface area contributed by atoms with E-state index in [-0.39, 0.29) is 0 Å². The zero-order valence-electron chi connectivity index (χ0n) is 13.1. The first-order valence-corrected chi connectivity index (χ1v) is 8.26. The Labute approximate surface area is 134 Å². The van der Waals surface area contributed by atoms with E-state index in [4.69, 9.17) is 4.98 Å². The molecule has 1 atom stereocenters. The molecular formula is C16H21N7. The Balaban J connectivity index is 1.36. The SMILES string of the molecule is c1ccc2[nH]c(C3CCCN(CCCn4cnnn4)C3)nc2c1. The van der Waals surface area contributed by atoms with E-state index in [1.807, 2.05) is 6.07 Å². The van der Waals surface area contributed by atoms with E-state index >= 15 is 0 Å². The van der Waals surface area contributed by atoms with Crippen LogP contribution in [-0.4, -0.2) is 54.7 Å². The molecular weight excluding hydrogens is 290 g/mol. The number of nitrogens with zero attached hydrogens (tertiary/aromatic N) is 6. The summed E-state index contributed by atoms with van der Waals surface area (Å²) in [5, 5.41) is 11.2. The van der Waals surface area contributed by atoms with Gasteiger partial charge in [0.15, 0.2) is 0 Å². The normalized spacial score (nSPS) is 19.4. The summed E-state index contributed by atoms with van der Waals surface area (Å²) >= 11 is 0. The first kappa shape index (κ1) is 14.3. The number of H-pyrrole nitrogens is 1. The van der Waals surface area contributed by atoms with Gasteiger partial charge in [-0.25, -0.2) is 9.67 Å². The number of aryl methyl sites for hydroxylation is 1. The van der Waals surface area contributed by atoms with Crippen molar-refractivity contribution in [1.29, 1.82) is 0 Å². The van der Waals surface area contributed by atoms with Gasteiger partial charge in [0, 0.05) is 19.0 Å². The molecule has 23 heavy (non-hydrogen) atoms. The highest BCUT2D eigenvalue weighted by molar-refractivity contribution is 5.74. The highest BCUT2D eigenvalue weighted by Gasteiger charge is 2.23. The van der Waals surface area contributed by atoms with Crippen LogP contribution in [0.3, 0.4) is 0 Å². The summed E-state index contributed by atoms with van der Waals surface area (Å²) in [6.07, 6.45) is 5.18. The number of tetrazole rings is 1. The van der Waals surface area contributed by atoms with Crippen LogP contribution in [0.5, 0.6) is 0 Å². The summed E-state index contributed by atoms with van der Waals surface area (Å²) in [5.41, 5.74) is 2.21. The van der Waals surface area contributed by atoms with Gasteiger partial charge in [-0.3, -0.25) is 0 Å². The van der Waals surface area contributed by atoms with Crippen molar-refractivity contribution in [2.24, 2.45) is 0 Å². The van der Waals surface area contributed by atoms with Crippen molar-refractivity contribution in [2.45, 2.75) is 31.7 Å². The fraction of sp³-hybridized carbons (Fsp3) is 0.500. The van der Waals surface area contributed by atoms with Gasteiger partial charge in [-0.15, -0.1) is 5.10 Å². The van der Waals surface area contributed by atoms with Gasteiger partial charge in [-0.1, -0.05) is 12.1 Å². The molecule has 7 heteroatoms. The third kappa shape index (κ3) is 3.24. The second kappa shape index (κ2) is 6.45. The Bertz CT molecular complexity index is 716. The summed E-state index contributed by atoms with van der Waals surface area (Å²) in [7, 11) is 0. The van der Waals surface area contributed by atoms with E-state index < -0.39 is 0 Å². The van der Waals surface area contributed by atoms with Gasteiger partial charge in [-0.05, 0) is 54.9 Å². The predicted molar refractivity (Wildman–Crippen MR) is 86.9 cm³/mol. The van der Waals surface area contributed by atoms with Crippen LogP contribution in [0.25, 0.3) is 11.0 Å². The second-order valence-electron chi connectivity index (χ2n) is 6.21. The Morgan fingerprint density at radius 1 is 1.22 bits per heavy atom. The Kier molecular flexibility index (Phi) is 4.02. The zero-order valence-corrected chi connectivity index (χ0v) is 13.1. The number of aromatic amines is 1. The minimum absolute atomic E-state index is 0.504. The topological polar surface area (TPSA) is 75.5 Å². The van der Waals surface area contributed by atoms with Crippen LogP contribution in [0, 0.1) is 0 Å². The maximum atomic E-state index is 4.78. The van der Waals surface area contributed by atoms with Crippen molar-refractivity contribution in [2.75, 3.05) is 19.6 Å². The van der Waals surface area contributed by atoms with Crippen LogP contribution in [0.15, 0.2) is 30.6 Å². The molecule has 3 aromatic rings. The number of benzene rings is 1. The molecule has 1 fully saturated rings. The molecule has 0 amide bonds. The number of hydrogen-bond donors (Lipinski definition) is 1. The van der Waals surface area contributed by atoms with Crippen molar-refractivity contribution in [3.63, 3.8) is 0 Å². The molecule has 0 radical (unpaired) electrons. The predicted octanol–water partition coefficient (Wildman–Crippen LogP) is 1.82. The number of nitrogens with one attached hydrogen (secondary N) is 1. The summed E-state index contributed by atoms with van der Waals surface area (Å²) in [6.45, 7) is 4.21. The average Bonchev–Trinajstić information content (AvgIpc) is 3.24. The zero-order chi connectivity index (χ0) is 15.5. The van der Waals surface area contributed by atoms with E-state index in [9.17, 15) is 0 Å². The molecule has 2 aromatic heterocycles. The summed E-state index contributed by atoms with van der Waals surface area (Å²) in [5.74, 6) is 1.64. The van der Waals surface area contributed by atoms with Crippen LogP contribution < -0.4 is 0 Å². The van der Waals surface area contributed by atoms with Crippen LogP contribution in [-0.2, 0) is 6.54 Å². The Hall–Kier alpha value is -2.28. The lowest BCUT2D eigenvalue weighted by molar-refractivity contribution is 0.199. The van der Waals surface area contributed by atoms with Crippen molar-refractivity contribution < 1.29 is 0 Å². The molecule has 1 aliphatic rings. The number of imidazole rings is 1. The first-order valence-electron chi connectivity index (χ1n) is 8.26. The molecule has 0 bridgehead atoms. The van der Waals surface area contributed by atoms with Crippen LogP contribution in [0.1, 0.15) is 31.0 Å². The van der Waals surface area contributed by atoms with Gasteiger partial charge in [-0.2, -0.15) is 0 Å². The number of fused-ring (bicyclic) bond motifs is 1. The molecule has 0 aliphatic carbocycles. The minimum Gasteiger partial charge on any atom is -0.342 e. The monoisotopic (exact) mass is 311 g/mol. The molecule has 120 valence electrons. The third-order valence-electron chi connectivity index (χ3n) is 4.55. The lowest BCUT2D eigenvalue weighted by Crippen LogP contribution is -2.35. The summed E-state index contributed by atoms with van der Waals surface area (Å²) in [4.78, 5) is 10.8. The van der Waals surface area contributed by atoms with Crippen LogP contribution in [0.2, 0.25) is 0 Å². The maximum Gasteiger partial charge on any atom is 0.138 e. The Morgan fingerprint density at radius 2 is 2.17 bits per heavy atom. The van der Waals surface area contributed by atoms with E-state index in [1.54, 1.807) is 11.0 Å². The van der Waals surface area contributed by atoms with Crippen molar-refractivity contribution >= 4 is 11.0 Å². The molecule has 1 N–H and O–H groups in total. The second-order valence-corrected chi connectivity index (χ2v) is 6.21. The van der Waals surface area contributed by atoms with Gasteiger partial charge in [0.2, 0.25) is 0 Å². The molecule has 1 aliphatic heterocycles.